The van der Waals surface area contributed by atoms with Gasteiger partial charge in [0.1, 0.15) is 13.1 Å². The van der Waals surface area contributed by atoms with Gasteiger partial charge in [0.05, 0.1) is 23.0 Å². The van der Waals surface area contributed by atoms with E-state index in [1.807, 2.05) is 34.0 Å². The third-order valence-electron chi connectivity index (χ3n) is 6.24. The molecule has 0 unspecified atom stereocenters. The normalized spacial score (nSPS) is 10.9. The number of hydrogen-bond acceptors (Lipinski definition) is 5. The highest BCUT2D eigenvalue weighted by molar-refractivity contribution is 7.12. The van der Waals surface area contributed by atoms with Crippen molar-refractivity contribution in [3.8, 4) is 0 Å². The summed E-state index contributed by atoms with van der Waals surface area (Å²) in [7, 11) is 3.55. The van der Waals surface area contributed by atoms with Crippen molar-refractivity contribution >= 4 is 34.0 Å². The number of hydrogen-bond donors (Lipinski definition) is 0. The van der Waals surface area contributed by atoms with E-state index in [1.54, 1.807) is 24.0 Å². The van der Waals surface area contributed by atoms with Crippen molar-refractivity contribution in [3.05, 3.63) is 54.1 Å². The molecule has 0 amide bonds. The van der Waals surface area contributed by atoms with Crippen LogP contribution < -0.4 is 33.9 Å². The lowest BCUT2D eigenvalue weighted by Crippen LogP contribution is -3.00. The van der Waals surface area contributed by atoms with Crippen molar-refractivity contribution in [1.82, 2.24) is 0 Å². The van der Waals surface area contributed by atoms with E-state index in [0.29, 0.717) is 0 Å². The predicted molar refractivity (Wildman–Crippen MR) is 140 cm³/mol. The lowest BCUT2D eigenvalue weighted by atomic mass is 10.2. The second kappa shape index (κ2) is 17.8. The smallest absolute Gasteiger partial charge is 0.225 e. The molecule has 3 aromatic rings. The maximum absolute atomic E-state index is 5.22. The molecule has 3 rings (SSSR count). The van der Waals surface area contributed by atoms with E-state index in [2.05, 4.69) is 46.1 Å². The maximum atomic E-state index is 5.22. The first-order valence-electron chi connectivity index (χ1n) is 12.1. The third-order valence-corrected chi connectivity index (χ3v) is 9.73. The van der Waals surface area contributed by atoms with Crippen LogP contribution in [-0.4, -0.2) is 27.4 Å². The van der Waals surface area contributed by atoms with Crippen molar-refractivity contribution < 1.29 is 43.4 Å². The topological polar surface area (TPSA) is 26.2 Å². The SMILES string of the molecule is COCCc1sc[n+](CCCCc2ccc(CCCC[n+]3csc(CCOC)c3C)s2)c1C.[Cl-].[Cl-]. The predicted octanol–water partition coefficient (Wildman–Crippen LogP) is -0.505. The van der Waals surface area contributed by atoms with Gasteiger partial charge in [0.15, 0.2) is 11.4 Å². The Morgan fingerprint density at radius 3 is 1.49 bits per heavy atom. The molecule has 4 nitrogen and oxygen atoms in total. The van der Waals surface area contributed by atoms with Crippen LogP contribution in [0.4, 0.5) is 0 Å². The molecule has 3 heterocycles. The quantitative estimate of drug-likeness (QED) is 0.169. The zero-order valence-electron chi connectivity index (χ0n) is 21.5. The van der Waals surface area contributed by atoms with E-state index in [9.17, 15) is 0 Å². The Balaban J connectivity index is 0.00000306. The number of thiazole rings is 2. The molecule has 198 valence electrons. The molecule has 0 N–H and O–H groups in total. The lowest BCUT2D eigenvalue weighted by Gasteiger charge is -1.99. The largest absolute Gasteiger partial charge is 1.00 e. The molecule has 3 aromatic heterocycles. The van der Waals surface area contributed by atoms with Crippen LogP contribution in [0.1, 0.15) is 56.6 Å². The Labute approximate surface area is 236 Å². The first kappa shape index (κ1) is 32.5. The molecular weight excluding hydrogens is 539 g/mol. The molecule has 0 saturated heterocycles. The Morgan fingerprint density at radius 1 is 0.657 bits per heavy atom. The van der Waals surface area contributed by atoms with Crippen molar-refractivity contribution in [2.24, 2.45) is 0 Å². The van der Waals surface area contributed by atoms with Crippen molar-refractivity contribution in [2.45, 2.75) is 78.3 Å². The molecule has 0 atom stereocenters. The molecular formula is C26H40Cl2N2O2S3. The fourth-order valence-corrected chi connectivity index (χ4v) is 7.18. The molecule has 0 aromatic carbocycles. The molecule has 0 bridgehead atoms. The number of rotatable bonds is 16. The molecule has 0 aliphatic carbocycles. The second-order valence-corrected chi connectivity index (χ2v) is 11.7. The molecule has 0 radical (unpaired) electrons. The van der Waals surface area contributed by atoms with Gasteiger partial charge in [-0.05, 0) is 37.8 Å². The Bertz CT molecular complexity index is 897. The monoisotopic (exact) mass is 578 g/mol. The van der Waals surface area contributed by atoms with Gasteiger partial charge in [-0.1, -0.05) is 22.7 Å². The van der Waals surface area contributed by atoms with E-state index in [-0.39, 0.29) is 24.8 Å². The summed E-state index contributed by atoms with van der Waals surface area (Å²) in [4.78, 5) is 6.00. The van der Waals surface area contributed by atoms with Crippen molar-refractivity contribution in [3.63, 3.8) is 0 Å². The van der Waals surface area contributed by atoms with Gasteiger partial charge in [-0.25, -0.2) is 0 Å². The van der Waals surface area contributed by atoms with Crippen LogP contribution in [0.2, 0.25) is 0 Å². The summed E-state index contributed by atoms with van der Waals surface area (Å²) >= 11 is 5.75. The Morgan fingerprint density at radius 2 is 1.09 bits per heavy atom. The minimum Gasteiger partial charge on any atom is -1.00 e. The number of aromatic nitrogens is 2. The molecule has 0 aliphatic rings. The van der Waals surface area contributed by atoms with Gasteiger partial charge in [0.2, 0.25) is 11.0 Å². The average molecular weight is 580 g/mol. The summed E-state index contributed by atoms with van der Waals surface area (Å²) in [5.74, 6) is 0. The van der Waals surface area contributed by atoms with Crippen LogP contribution in [0.5, 0.6) is 0 Å². The summed E-state index contributed by atoms with van der Waals surface area (Å²) in [6, 6.07) is 4.71. The average Bonchev–Trinajstić information content (AvgIpc) is 3.51. The number of methoxy groups -OCH3 is 2. The Hall–Kier alpha value is -0.540. The van der Waals surface area contributed by atoms with Crippen LogP contribution in [-0.2, 0) is 48.2 Å². The number of aryl methyl sites for hydroxylation is 4. The Kier molecular flexibility index (Phi) is 16.6. The second-order valence-electron chi connectivity index (χ2n) is 8.62. The van der Waals surface area contributed by atoms with Gasteiger partial charge in [-0.2, -0.15) is 9.13 Å². The molecule has 0 saturated carbocycles. The van der Waals surface area contributed by atoms with Gasteiger partial charge in [0.25, 0.3) is 0 Å². The summed E-state index contributed by atoms with van der Waals surface area (Å²) in [5.41, 5.74) is 7.38. The van der Waals surface area contributed by atoms with Crippen LogP contribution in [0.15, 0.2) is 23.2 Å². The highest BCUT2D eigenvalue weighted by atomic mass is 35.5. The standard InChI is InChI=1S/C26H40N2O2S3.2ClH/c1-21-25(13-17-29-3)31-19-27(21)15-7-5-9-23-11-12-24(33-23)10-6-8-16-28-20-32-26(22(28)2)14-18-30-4;;/h11-12,19-20H,5-10,13-18H2,1-4H3;2*1H/q+2;;/p-2. The van der Waals surface area contributed by atoms with E-state index in [1.165, 1.54) is 59.7 Å². The van der Waals surface area contributed by atoms with Crippen LogP contribution in [0, 0.1) is 13.8 Å². The molecule has 0 aliphatic heterocycles. The number of nitrogens with zero attached hydrogens (tertiary/aromatic N) is 2. The van der Waals surface area contributed by atoms with Gasteiger partial charge in [-0.3, -0.25) is 0 Å². The fraction of sp³-hybridized carbons (Fsp3) is 0.615. The van der Waals surface area contributed by atoms with E-state index < -0.39 is 0 Å². The van der Waals surface area contributed by atoms with E-state index >= 15 is 0 Å². The number of unbranched alkanes of at least 4 members (excludes halogenated alkanes) is 2. The van der Waals surface area contributed by atoms with Crippen LogP contribution in [0.25, 0.3) is 0 Å². The number of thiophene rings is 1. The summed E-state index contributed by atoms with van der Waals surface area (Å²) in [6.07, 6.45) is 9.46. The zero-order chi connectivity index (χ0) is 23.5. The first-order chi connectivity index (χ1) is 16.1. The van der Waals surface area contributed by atoms with Gasteiger partial charge in [-0.15, -0.1) is 11.3 Å². The highest BCUT2D eigenvalue weighted by Crippen LogP contribution is 2.21. The van der Waals surface area contributed by atoms with Crippen molar-refractivity contribution in [1.29, 1.82) is 0 Å². The minimum absolute atomic E-state index is 0. The molecule has 35 heavy (non-hydrogen) atoms. The minimum atomic E-state index is 0. The summed E-state index contributed by atoms with van der Waals surface area (Å²) in [5, 5.41) is 0. The van der Waals surface area contributed by atoms with Gasteiger partial charge >= 0.3 is 0 Å². The van der Waals surface area contributed by atoms with E-state index in [4.69, 9.17) is 9.47 Å². The summed E-state index contributed by atoms with van der Waals surface area (Å²) in [6.45, 7) is 8.35. The number of ether oxygens (including phenoxy) is 2. The van der Waals surface area contributed by atoms with Gasteiger partial charge < -0.3 is 34.3 Å². The van der Waals surface area contributed by atoms with Crippen LogP contribution in [0.3, 0.4) is 0 Å². The zero-order valence-corrected chi connectivity index (χ0v) is 25.4. The highest BCUT2D eigenvalue weighted by Gasteiger charge is 2.15. The fourth-order valence-electron chi connectivity index (χ4n) is 4.07. The molecule has 9 heteroatoms. The van der Waals surface area contributed by atoms with E-state index in [0.717, 1.165) is 39.1 Å². The molecule has 0 spiro atoms. The van der Waals surface area contributed by atoms with Crippen molar-refractivity contribution in [2.75, 3.05) is 27.4 Å². The van der Waals surface area contributed by atoms with Gasteiger partial charge in [0, 0.05) is 63.5 Å². The number of halogens is 2. The van der Waals surface area contributed by atoms with Crippen LogP contribution >= 0.6 is 34.0 Å². The first-order valence-corrected chi connectivity index (χ1v) is 14.7. The third kappa shape index (κ3) is 10.4. The molecule has 0 fully saturated rings. The maximum Gasteiger partial charge on any atom is 0.225 e. The lowest BCUT2D eigenvalue weighted by molar-refractivity contribution is -0.698. The summed E-state index contributed by atoms with van der Waals surface area (Å²) < 4.78 is 15.3.